The van der Waals surface area contributed by atoms with Gasteiger partial charge >= 0.3 is 0 Å². The summed E-state index contributed by atoms with van der Waals surface area (Å²) < 4.78 is 0. The van der Waals surface area contributed by atoms with E-state index >= 15 is 0 Å². The molecular weight excluding hydrogens is 242 g/mol. The van der Waals surface area contributed by atoms with Crippen molar-refractivity contribution in [1.29, 1.82) is 0 Å². The van der Waals surface area contributed by atoms with Crippen molar-refractivity contribution in [3.05, 3.63) is 48.0 Å². The van der Waals surface area contributed by atoms with E-state index in [0.29, 0.717) is 0 Å². The van der Waals surface area contributed by atoms with Crippen LogP contribution in [0.3, 0.4) is 0 Å². The lowest BCUT2D eigenvalue weighted by Gasteiger charge is -2.18. The van der Waals surface area contributed by atoms with E-state index in [1.54, 1.807) is 0 Å². The van der Waals surface area contributed by atoms with E-state index in [1.165, 1.54) is 42.0 Å². The molecular formula is C19H27N. The van der Waals surface area contributed by atoms with Gasteiger partial charge in [0.15, 0.2) is 0 Å². The molecule has 1 heteroatoms. The molecule has 0 spiro atoms. The van der Waals surface area contributed by atoms with E-state index in [0.717, 1.165) is 19.0 Å². The maximum Gasteiger partial charge on any atom is -0.00173 e. The van der Waals surface area contributed by atoms with Gasteiger partial charge in [-0.15, -0.1) is 0 Å². The van der Waals surface area contributed by atoms with Crippen LogP contribution in [0, 0.1) is 5.92 Å². The highest BCUT2D eigenvalue weighted by molar-refractivity contribution is 5.85. The quantitative estimate of drug-likeness (QED) is 0.679. The van der Waals surface area contributed by atoms with Crippen molar-refractivity contribution >= 4 is 10.8 Å². The van der Waals surface area contributed by atoms with Gasteiger partial charge < -0.3 is 5.32 Å². The van der Waals surface area contributed by atoms with Gasteiger partial charge in [0.2, 0.25) is 0 Å². The first-order valence-corrected chi connectivity index (χ1v) is 8.02. The van der Waals surface area contributed by atoms with Crippen LogP contribution >= 0.6 is 0 Å². The van der Waals surface area contributed by atoms with E-state index in [4.69, 9.17) is 0 Å². The Morgan fingerprint density at radius 3 is 2.55 bits per heavy atom. The first kappa shape index (κ1) is 15.1. The molecule has 0 aliphatic carbocycles. The minimum Gasteiger partial charge on any atom is -0.316 e. The Balaban J connectivity index is 2.11. The number of benzene rings is 2. The molecule has 0 amide bonds. The summed E-state index contributed by atoms with van der Waals surface area (Å²) in [7, 11) is 0. The molecule has 0 saturated heterocycles. The average Bonchev–Trinajstić information content (AvgIpc) is 2.48. The molecule has 0 heterocycles. The lowest BCUT2D eigenvalue weighted by atomic mass is 9.92. The molecule has 0 aliphatic heterocycles. The Bertz CT molecular complexity index is 513. The Morgan fingerprint density at radius 1 is 0.950 bits per heavy atom. The standard InChI is InChI=1S/C19H27N/c1-3-8-16(15-20-13-4-2)14-18-11-7-10-17-9-5-6-12-19(17)18/h5-7,9-12,16,20H,3-4,8,13-15H2,1-2H3. The van der Waals surface area contributed by atoms with E-state index in [1.807, 2.05) is 0 Å². The van der Waals surface area contributed by atoms with Crippen molar-refractivity contribution in [1.82, 2.24) is 5.32 Å². The Kier molecular flexibility index (Phi) is 6.07. The molecule has 2 aromatic rings. The van der Waals surface area contributed by atoms with Gasteiger partial charge in [0, 0.05) is 0 Å². The molecule has 1 atom stereocenters. The molecule has 2 rings (SSSR count). The molecule has 0 aromatic heterocycles. The summed E-state index contributed by atoms with van der Waals surface area (Å²) in [5, 5.41) is 6.37. The van der Waals surface area contributed by atoms with Gasteiger partial charge in [-0.2, -0.15) is 0 Å². The maximum absolute atomic E-state index is 3.59. The number of hydrogen-bond acceptors (Lipinski definition) is 1. The SMILES string of the molecule is CCCNCC(CCC)Cc1cccc2ccccc12. The molecule has 0 bridgehead atoms. The van der Waals surface area contributed by atoms with Gasteiger partial charge in [0.05, 0.1) is 0 Å². The molecule has 108 valence electrons. The van der Waals surface area contributed by atoms with Crippen molar-refractivity contribution in [2.24, 2.45) is 5.92 Å². The van der Waals surface area contributed by atoms with Crippen molar-refractivity contribution in [2.75, 3.05) is 13.1 Å². The number of nitrogens with one attached hydrogen (secondary N) is 1. The number of fused-ring (bicyclic) bond motifs is 1. The Labute approximate surface area is 123 Å². The minimum absolute atomic E-state index is 0.748. The van der Waals surface area contributed by atoms with Crippen molar-refractivity contribution < 1.29 is 0 Å². The summed E-state index contributed by atoms with van der Waals surface area (Å²) in [6, 6.07) is 15.4. The van der Waals surface area contributed by atoms with Crippen LogP contribution in [-0.2, 0) is 6.42 Å². The van der Waals surface area contributed by atoms with E-state index in [9.17, 15) is 0 Å². The third-order valence-electron chi connectivity index (χ3n) is 3.95. The molecule has 2 aromatic carbocycles. The van der Waals surface area contributed by atoms with Crippen molar-refractivity contribution in [3.8, 4) is 0 Å². The summed E-state index contributed by atoms with van der Waals surface area (Å²) >= 11 is 0. The van der Waals surface area contributed by atoms with Crippen LogP contribution in [-0.4, -0.2) is 13.1 Å². The predicted octanol–water partition coefficient (Wildman–Crippen LogP) is 4.80. The summed E-state index contributed by atoms with van der Waals surface area (Å²) in [5.74, 6) is 0.748. The zero-order valence-corrected chi connectivity index (χ0v) is 12.9. The highest BCUT2D eigenvalue weighted by Gasteiger charge is 2.10. The third kappa shape index (κ3) is 4.08. The van der Waals surface area contributed by atoms with Crippen molar-refractivity contribution in [2.45, 2.75) is 39.5 Å². The van der Waals surface area contributed by atoms with Gasteiger partial charge in [0.1, 0.15) is 0 Å². The summed E-state index contributed by atoms with van der Waals surface area (Å²) in [5.41, 5.74) is 1.50. The summed E-state index contributed by atoms with van der Waals surface area (Å²) in [6.07, 6.45) is 4.97. The Hall–Kier alpha value is -1.34. The number of rotatable bonds is 8. The normalized spacial score (nSPS) is 12.7. The van der Waals surface area contributed by atoms with Crippen LogP contribution < -0.4 is 5.32 Å². The zero-order valence-electron chi connectivity index (χ0n) is 12.9. The summed E-state index contributed by atoms with van der Waals surface area (Å²) in [6.45, 7) is 6.79. The fourth-order valence-electron chi connectivity index (χ4n) is 2.95. The van der Waals surface area contributed by atoms with E-state index in [2.05, 4.69) is 61.6 Å². The topological polar surface area (TPSA) is 12.0 Å². The molecule has 1 unspecified atom stereocenters. The second-order valence-corrected chi connectivity index (χ2v) is 5.70. The molecule has 0 fully saturated rings. The molecule has 1 nitrogen and oxygen atoms in total. The van der Waals surface area contributed by atoms with Crippen molar-refractivity contribution in [3.63, 3.8) is 0 Å². The van der Waals surface area contributed by atoms with Crippen LogP contribution in [0.4, 0.5) is 0 Å². The van der Waals surface area contributed by atoms with Gasteiger partial charge in [0.25, 0.3) is 0 Å². The molecule has 0 aliphatic rings. The molecule has 0 radical (unpaired) electrons. The first-order chi connectivity index (χ1) is 9.85. The van der Waals surface area contributed by atoms with Crippen LogP contribution in [0.5, 0.6) is 0 Å². The van der Waals surface area contributed by atoms with Crippen LogP contribution in [0.15, 0.2) is 42.5 Å². The third-order valence-corrected chi connectivity index (χ3v) is 3.95. The molecule has 20 heavy (non-hydrogen) atoms. The average molecular weight is 269 g/mol. The first-order valence-electron chi connectivity index (χ1n) is 8.02. The lowest BCUT2D eigenvalue weighted by molar-refractivity contribution is 0.440. The van der Waals surface area contributed by atoms with E-state index in [-0.39, 0.29) is 0 Å². The largest absolute Gasteiger partial charge is 0.316 e. The predicted molar refractivity (Wildman–Crippen MR) is 89.2 cm³/mol. The van der Waals surface area contributed by atoms with Crippen LogP contribution in [0.25, 0.3) is 10.8 Å². The van der Waals surface area contributed by atoms with Gasteiger partial charge in [-0.05, 0) is 54.6 Å². The summed E-state index contributed by atoms with van der Waals surface area (Å²) in [4.78, 5) is 0. The fourth-order valence-corrected chi connectivity index (χ4v) is 2.95. The fraction of sp³-hybridized carbons (Fsp3) is 0.474. The maximum atomic E-state index is 3.59. The number of hydrogen-bond donors (Lipinski definition) is 1. The van der Waals surface area contributed by atoms with Crippen LogP contribution in [0.1, 0.15) is 38.7 Å². The molecule has 1 N–H and O–H groups in total. The van der Waals surface area contributed by atoms with Crippen LogP contribution in [0.2, 0.25) is 0 Å². The lowest BCUT2D eigenvalue weighted by Crippen LogP contribution is -2.25. The van der Waals surface area contributed by atoms with Gasteiger partial charge in [-0.1, -0.05) is 62.7 Å². The zero-order chi connectivity index (χ0) is 14.2. The Morgan fingerprint density at radius 2 is 1.75 bits per heavy atom. The van der Waals surface area contributed by atoms with Gasteiger partial charge in [-0.3, -0.25) is 0 Å². The van der Waals surface area contributed by atoms with Gasteiger partial charge in [-0.25, -0.2) is 0 Å². The smallest absolute Gasteiger partial charge is 0.00173 e. The second-order valence-electron chi connectivity index (χ2n) is 5.70. The highest BCUT2D eigenvalue weighted by atomic mass is 14.8. The minimum atomic E-state index is 0.748. The molecule has 0 saturated carbocycles. The second kappa shape index (κ2) is 8.06. The van der Waals surface area contributed by atoms with E-state index < -0.39 is 0 Å². The highest BCUT2D eigenvalue weighted by Crippen LogP contribution is 2.22. The monoisotopic (exact) mass is 269 g/mol.